The van der Waals surface area contributed by atoms with Crippen molar-refractivity contribution in [3.8, 4) is 5.75 Å². The lowest BCUT2D eigenvalue weighted by atomic mass is 9.77. The highest BCUT2D eigenvalue weighted by atomic mass is 28.3. The Bertz CT molecular complexity index is 1380. The van der Waals surface area contributed by atoms with E-state index < -0.39 is 43.9 Å². The molecule has 1 aromatic carbocycles. The van der Waals surface area contributed by atoms with Crippen LogP contribution in [0.25, 0.3) is 0 Å². The number of halogens is 2. The maximum Gasteiger partial charge on any atom is 0.535 e. The molecule has 8 nitrogen and oxygen atoms in total. The van der Waals surface area contributed by atoms with E-state index in [0.717, 1.165) is 6.04 Å². The van der Waals surface area contributed by atoms with E-state index in [9.17, 15) is 13.6 Å². The molecule has 0 bridgehead atoms. The van der Waals surface area contributed by atoms with Crippen molar-refractivity contribution in [1.29, 1.82) is 0 Å². The Kier molecular flexibility index (Phi) is 11.5. The van der Waals surface area contributed by atoms with Gasteiger partial charge in [0, 0.05) is 39.2 Å². The first-order valence-electron chi connectivity index (χ1n) is 15.4. The van der Waals surface area contributed by atoms with Gasteiger partial charge in [0.2, 0.25) is 0 Å². The Morgan fingerprint density at radius 1 is 1.02 bits per heavy atom. The maximum atomic E-state index is 14.5. The maximum absolute atomic E-state index is 14.5. The van der Waals surface area contributed by atoms with Gasteiger partial charge in [0.05, 0.1) is 24.3 Å². The molecule has 45 heavy (non-hydrogen) atoms. The van der Waals surface area contributed by atoms with E-state index in [1.54, 1.807) is 49.8 Å². The molecule has 2 heterocycles. The Balaban J connectivity index is 1.65. The fraction of sp³-hybridized carbons (Fsp3) is 0.500. The van der Waals surface area contributed by atoms with E-state index in [0.29, 0.717) is 41.8 Å². The van der Waals surface area contributed by atoms with E-state index in [1.807, 2.05) is 26.0 Å². The van der Waals surface area contributed by atoms with E-state index >= 15 is 0 Å². The zero-order valence-corrected chi connectivity index (χ0v) is 27.9. The molecular formula is C34H44F2N2O6Si. The lowest BCUT2D eigenvalue weighted by Gasteiger charge is -2.29. The highest BCUT2D eigenvalue weighted by Crippen LogP contribution is 2.41. The summed E-state index contributed by atoms with van der Waals surface area (Å²) in [6.07, 6.45) is 1.75. The molecule has 0 aliphatic heterocycles. The van der Waals surface area contributed by atoms with Crippen molar-refractivity contribution < 1.29 is 37.3 Å². The van der Waals surface area contributed by atoms with E-state index in [1.165, 1.54) is 12.1 Å². The third-order valence-electron chi connectivity index (χ3n) is 7.46. The normalized spacial score (nSPS) is 15.4. The molecule has 1 fully saturated rings. The zero-order valence-electron chi connectivity index (χ0n) is 26.9. The van der Waals surface area contributed by atoms with E-state index in [2.05, 4.69) is 24.6 Å². The number of pyridine rings is 2. The second-order valence-corrected chi connectivity index (χ2v) is 18.5. The van der Waals surface area contributed by atoms with Crippen LogP contribution in [-0.4, -0.2) is 56.4 Å². The van der Waals surface area contributed by atoms with Gasteiger partial charge >= 0.3 is 12.3 Å². The van der Waals surface area contributed by atoms with Crippen LogP contribution < -0.4 is 4.74 Å². The molecule has 3 aromatic rings. The van der Waals surface area contributed by atoms with Gasteiger partial charge in [-0.15, -0.1) is 8.78 Å². The van der Waals surface area contributed by atoms with Gasteiger partial charge in [0.25, 0.3) is 0 Å². The Hall–Kier alpha value is -3.25. The van der Waals surface area contributed by atoms with Gasteiger partial charge < -0.3 is 18.9 Å². The van der Waals surface area contributed by atoms with Crippen LogP contribution >= 0.6 is 0 Å². The summed E-state index contributed by atoms with van der Waals surface area (Å²) in [5.74, 6) is -2.10. The van der Waals surface area contributed by atoms with Gasteiger partial charge in [-0.1, -0.05) is 43.9 Å². The van der Waals surface area contributed by atoms with Crippen molar-refractivity contribution in [3.63, 3.8) is 0 Å². The molecule has 0 amide bonds. The topological polar surface area (TPSA) is 89.0 Å². The monoisotopic (exact) mass is 642 g/mol. The zero-order chi connectivity index (χ0) is 32.7. The minimum absolute atomic E-state index is 0.0924. The molecule has 4 rings (SSSR count). The van der Waals surface area contributed by atoms with Crippen LogP contribution in [-0.2, 0) is 29.3 Å². The van der Waals surface area contributed by atoms with E-state index in [4.69, 9.17) is 28.7 Å². The molecule has 2 unspecified atom stereocenters. The van der Waals surface area contributed by atoms with Crippen molar-refractivity contribution in [1.82, 2.24) is 9.97 Å². The average molecular weight is 643 g/mol. The molecule has 1 aliphatic carbocycles. The average Bonchev–Trinajstić information content (AvgIpc) is 3.78. The molecule has 1 aliphatic rings. The third kappa shape index (κ3) is 10.4. The van der Waals surface area contributed by atoms with Gasteiger partial charge in [-0.05, 0) is 80.6 Å². The van der Waals surface area contributed by atoms with Crippen LogP contribution in [0.3, 0.4) is 0 Å². The third-order valence-corrected chi connectivity index (χ3v) is 9.17. The fourth-order valence-electron chi connectivity index (χ4n) is 4.79. The minimum Gasteiger partial charge on any atom is -0.465 e. The molecule has 0 saturated heterocycles. The first kappa shape index (κ1) is 34.6. The molecule has 11 heteroatoms. The second kappa shape index (κ2) is 14.9. The summed E-state index contributed by atoms with van der Waals surface area (Å²) in [6.45, 7) is 13.4. The molecule has 1 saturated carbocycles. The number of hydrogen-bond acceptors (Lipinski definition) is 8. The van der Waals surface area contributed by atoms with Crippen LogP contribution in [0.1, 0.15) is 67.8 Å². The summed E-state index contributed by atoms with van der Waals surface area (Å²) >= 11 is 0. The second-order valence-electron chi connectivity index (χ2n) is 12.9. The number of benzene rings is 1. The minimum atomic E-state index is -3.79. The summed E-state index contributed by atoms with van der Waals surface area (Å²) in [7, 11) is -1.21. The van der Waals surface area contributed by atoms with Gasteiger partial charge in [-0.3, -0.25) is 19.5 Å². The SMILES string of the molecule is CCOC(=O)C(c1cccnc1)C(c1ccc(C(C)(C)OCOCC[Si](C)(C)C)nc1)c1cccc(OC(F)(F)OC2CC2)c1. The predicted molar refractivity (Wildman–Crippen MR) is 169 cm³/mol. The molecule has 244 valence electrons. The van der Waals surface area contributed by atoms with Crippen molar-refractivity contribution in [3.05, 3.63) is 89.5 Å². The summed E-state index contributed by atoms with van der Waals surface area (Å²) in [5.41, 5.74) is 1.75. The number of carbonyl (C=O) groups excluding carboxylic acids is 1. The van der Waals surface area contributed by atoms with Crippen molar-refractivity contribution in [2.24, 2.45) is 0 Å². The van der Waals surface area contributed by atoms with Gasteiger partial charge in [0.15, 0.2) is 0 Å². The Morgan fingerprint density at radius 3 is 2.40 bits per heavy atom. The van der Waals surface area contributed by atoms with Crippen LogP contribution in [0.5, 0.6) is 5.75 Å². The molecule has 0 spiro atoms. The smallest absolute Gasteiger partial charge is 0.465 e. The summed E-state index contributed by atoms with van der Waals surface area (Å²) < 4.78 is 56.0. The lowest BCUT2D eigenvalue weighted by molar-refractivity contribution is -0.358. The van der Waals surface area contributed by atoms with Crippen molar-refractivity contribution >= 4 is 14.0 Å². The van der Waals surface area contributed by atoms with Crippen LogP contribution in [0.2, 0.25) is 25.7 Å². The number of nitrogens with zero attached hydrogens (tertiary/aromatic N) is 2. The molecule has 0 radical (unpaired) electrons. The van der Waals surface area contributed by atoms with Crippen molar-refractivity contribution in [2.45, 2.75) is 89.1 Å². The first-order chi connectivity index (χ1) is 21.3. The standard InChI is InChI=1S/C34H44F2N2O6Si/c1-7-41-32(39)31(25-11-9-17-37-21-25)30(24-10-8-12-28(20-24)44-34(35,36)43-27-14-15-27)26-13-16-29(38-22-26)33(2,3)42-23-40-18-19-45(4,5)6/h8-13,16-17,20-22,27,30-31H,7,14-15,18-19,23H2,1-6H3. The van der Waals surface area contributed by atoms with Crippen LogP contribution in [0.4, 0.5) is 8.78 Å². The van der Waals surface area contributed by atoms with E-state index in [-0.39, 0.29) is 19.1 Å². The number of carbonyl (C=O) groups is 1. The number of hydrogen-bond donors (Lipinski definition) is 0. The summed E-state index contributed by atoms with van der Waals surface area (Å²) in [6, 6.07) is 14.6. The molecule has 0 N–H and O–H groups in total. The first-order valence-corrected chi connectivity index (χ1v) is 19.1. The number of ether oxygens (including phenoxy) is 5. The Labute approximate surface area is 265 Å². The fourth-order valence-corrected chi connectivity index (χ4v) is 5.55. The summed E-state index contributed by atoms with van der Waals surface area (Å²) in [5, 5.41) is 0. The highest BCUT2D eigenvalue weighted by molar-refractivity contribution is 6.76. The van der Waals surface area contributed by atoms with Gasteiger partial charge in [0.1, 0.15) is 18.1 Å². The highest BCUT2D eigenvalue weighted by Gasteiger charge is 2.42. The molecule has 2 aromatic heterocycles. The lowest BCUT2D eigenvalue weighted by Crippen LogP contribution is -2.29. The van der Waals surface area contributed by atoms with Crippen molar-refractivity contribution in [2.75, 3.05) is 20.0 Å². The van der Waals surface area contributed by atoms with Crippen LogP contribution in [0, 0.1) is 0 Å². The predicted octanol–water partition coefficient (Wildman–Crippen LogP) is 7.63. The van der Waals surface area contributed by atoms with Crippen LogP contribution in [0.15, 0.2) is 67.1 Å². The Morgan fingerprint density at radius 2 is 1.78 bits per heavy atom. The number of aromatic nitrogens is 2. The van der Waals surface area contributed by atoms with Gasteiger partial charge in [-0.2, -0.15) is 0 Å². The molecular weight excluding hydrogens is 598 g/mol. The number of esters is 1. The largest absolute Gasteiger partial charge is 0.535 e. The summed E-state index contributed by atoms with van der Waals surface area (Å²) in [4.78, 5) is 22.5. The van der Waals surface area contributed by atoms with Gasteiger partial charge in [-0.25, -0.2) is 0 Å². The molecule has 2 atom stereocenters. The number of alkyl halides is 2. The quantitative estimate of drug-likeness (QED) is 0.0643. The number of rotatable bonds is 17.